The highest BCUT2D eigenvalue weighted by molar-refractivity contribution is 6.06. The lowest BCUT2D eigenvalue weighted by molar-refractivity contribution is 1.08. The van der Waals surface area contributed by atoms with Gasteiger partial charge in [0, 0.05) is 17.1 Å². The number of aromatic nitrogens is 4. The number of nitrogens with zero attached hydrogens (tertiary/aromatic N) is 5. The van der Waals surface area contributed by atoms with Crippen molar-refractivity contribution >= 4 is 21.9 Å². The Kier molecular flexibility index (Phi) is 5.42. The Morgan fingerprint density at radius 2 is 1.28 bits per heavy atom. The lowest BCUT2D eigenvalue weighted by atomic mass is 10.0. The van der Waals surface area contributed by atoms with Gasteiger partial charge < -0.3 is 0 Å². The van der Waals surface area contributed by atoms with E-state index in [4.69, 9.17) is 15.2 Å². The topological polar surface area (TPSA) is 67.4 Å². The Labute approximate surface area is 225 Å². The Morgan fingerprint density at radius 1 is 0.564 bits per heavy atom. The first-order valence-corrected chi connectivity index (χ1v) is 12.7. The number of benzene rings is 3. The summed E-state index contributed by atoms with van der Waals surface area (Å²) in [5.41, 5.74) is 9.32. The highest BCUT2D eigenvalue weighted by Gasteiger charge is 2.14. The van der Waals surface area contributed by atoms with E-state index >= 15 is 0 Å². The van der Waals surface area contributed by atoms with E-state index in [0.717, 1.165) is 61.5 Å². The van der Waals surface area contributed by atoms with Gasteiger partial charge in [-0.3, -0.25) is 9.55 Å². The summed E-state index contributed by atoms with van der Waals surface area (Å²) in [6.45, 7) is 0. The Balaban J connectivity index is 1.29. The van der Waals surface area contributed by atoms with Crippen molar-refractivity contribution in [2.24, 2.45) is 0 Å². The zero-order chi connectivity index (χ0) is 26.2. The summed E-state index contributed by atoms with van der Waals surface area (Å²) in [5, 5.41) is 10.2. The number of hydrogen-bond acceptors (Lipinski definition) is 4. The molecule has 0 aliphatic heterocycles. The van der Waals surface area contributed by atoms with Crippen LogP contribution >= 0.6 is 0 Å². The van der Waals surface area contributed by atoms with Crippen LogP contribution in [0.3, 0.4) is 0 Å². The van der Waals surface area contributed by atoms with Crippen LogP contribution in [0.2, 0.25) is 0 Å². The molecule has 0 aliphatic carbocycles. The summed E-state index contributed by atoms with van der Waals surface area (Å²) in [6, 6.07) is 42.5. The summed E-state index contributed by atoms with van der Waals surface area (Å²) in [7, 11) is 0. The minimum atomic E-state index is 0.649. The number of pyridine rings is 3. The monoisotopic (exact) mass is 499 g/mol. The summed E-state index contributed by atoms with van der Waals surface area (Å²) >= 11 is 0. The Morgan fingerprint density at radius 3 is 2.15 bits per heavy atom. The second-order valence-corrected chi connectivity index (χ2v) is 9.28. The number of nitriles is 1. The average Bonchev–Trinajstić information content (AvgIpc) is 3.36. The lowest BCUT2D eigenvalue weighted by Gasteiger charge is -2.10. The molecule has 5 heteroatoms. The molecule has 0 N–H and O–H groups in total. The molecule has 0 aliphatic rings. The standard InChI is InChI=1S/C34H21N5/c35-22-23-16-18-24(19-17-23)25-7-3-8-26(21-25)28-10-4-11-29(37-28)30-12-5-15-33(38-30)39-31-13-2-1-9-27(31)34-32(39)14-6-20-36-34/h1-21H. The van der Waals surface area contributed by atoms with Gasteiger partial charge in [-0.15, -0.1) is 0 Å². The molecule has 0 amide bonds. The number of fused-ring (bicyclic) bond motifs is 3. The molecule has 0 saturated heterocycles. The molecular weight excluding hydrogens is 478 g/mol. The molecule has 7 rings (SSSR count). The first-order chi connectivity index (χ1) is 19.3. The molecule has 4 aromatic heterocycles. The van der Waals surface area contributed by atoms with Crippen molar-refractivity contribution in [3.05, 3.63) is 133 Å². The second kappa shape index (κ2) is 9.37. The molecule has 0 bridgehead atoms. The highest BCUT2D eigenvalue weighted by Crippen LogP contribution is 2.31. The van der Waals surface area contributed by atoms with Crippen molar-refractivity contribution in [2.75, 3.05) is 0 Å². The molecular formula is C34H21N5. The van der Waals surface area contributed by atoms with E-state index in [1.807, 2.05) is 91.1 Å². The van der Waals surface area contributed by atoms with Gasteiger partial charge in [0.2, 0.25) is 0 Å². The fourth-order valence-electron chi connectivity index (χ4n) is 5.05. The van der Waals surface area contributed by atoms with Crippen LogP contribution in [0, 0.1) is 11.3 Å². The fourth-order valence-corrected chi connectivity index (χ4v) is 5.05. The van der Waals surface area contributed by atoms with E-state index in [9.17, 15) is 0 Å². The second-order valence-electron chi connectivity index (χ2n) is 9.28. The molecule has 0 spiro atoms. The summed E-state index contributed by atoms with van der Waals surface area (Å²) in [6.07, 6.45) is 1.83. The fraction of sp³-hybridized carbons (Fsp3) is 0. The van der Waals surface area contributed by atoms with Crippen LogP contribution in [-0.2, 0) is 0 Å². The van der Waals surface area contributed by atoms with E-state index < -0.39 is 0 Å². The zero-order valence-electron chi connectivity index (χ0n) is 20.9. The van der Waals surface area contributed by atoms with Crippen LogP contribution in [0.4, 0.5) is 0 Å². The Hall–Kier alpha value is -5.60. The van der Waals surface area contributed by atoms with E-state index in [1.165, 1.54) is 0 Å². The van der Waals surface area contributed by atoms with Gasteiger partial charge in [0.15, 0.2) is 0 Å². The first-order valence-electron chi connectivity index (χ1n) is 12.7. The smallest absolute Gasteiger partial charge is 0.138 e. The van der Waals surface area contributed by atoms with Crippen LogP contribution in [0.25, 0.3) is 61.5 Å². The molecule has 0 fully saturated rings. The van der Waals surface area contributed by atoms with Crippen LogP contribution in [-0.4, -0.2) is 19.5 Å². The third-order valence-corrected chi connectivity index (χ3v) is 6.91. The Bertz CT molecular complexity index is 1980. The predicted molar refractivity (Wildman–Crippen MR) is 155 cm³/mol. The van der Waals surface area contributed by atoms with Crippen molar-refractivity contribution in [1.82, 2.24) is 19.5 Å². The molecule has 39 heavy (non-hydrogen) atoms. The quantitative estimate of drug-likeness (QED) is 0.247. The van der Waals surface area contributed by atoms with Crippen molar-refractivity contribution in [2.45, 2.75) is 0 Å². The minimum absolute atomic E-state index is 0.649. The summed E-state index contributed by atoms with van der Waals surface area (Å²) in [5.74, 6) is 0.821. The SMILES string of the molecule is N#Cc1ccc(-c2cccc(-c3cccc(-c4cccc(-n5c6ccccc6c6ncccc65)n4)n3)c2)cc1. The van der Waals surface area contributed by atoms with Crippen molar-refractivity contribution < 1.29 is 0 Å². The molecule has 0 saturated carbocycles. The maximum Gasteiger partial charge on any atom is 0.138 e. The van der Waals surface area contributed by atoms with Crippen LogP contribution in [0.15, 0.2) is 128 Å². The van der Waals surface area contributed by atoms with Crippen molar-refractivity contribution in [3.63, 3.8) is 0 Å². The minimum Gasteiger partial charge on any atom is -0.292 e. The molecule has 7 aromatic rings. The molecule has 5 nitrogen and oxygen atoms in total. The normalized spacial score (nSPS) is 11.1. The van der Waals surface area contributed by atoms with Gasteiger partial charge in [0.25, 0.3) is 0 Å². The van der Waals surface area contributed by atoms with Gasteiger partial charge in [-0.1, -0.05) is 60.7 Å². The van der Waals surface area contributed by atoms with Crippen LogP contribution in [0.1, 0.15) is 5.56 Å². The summed E-state index contributed by atoms with van der Waals surface area (Å²) in [4.78, 5) is 14.7. The van der Waals surface area contributed by atoms with Crippen molar-refractivity contribution in [1.29, 1.82) is 5.26 Å². The van der Waals surface area contributed by atoms with Gasteiger partial charge >= 0.3 is 0 Å². The number of rotatable bonds is 4. The maximum absolute atomic E-state index is 9.11. The highest BCUT2D eigenvalue weighted by atomic mass is 15.1. The largest absolute Gasteiger partial charge is 0.292 e. The molecule has 0 atom stereocenters. The predicted octanol–water partition coefficient (Wildman–Crippen LogP) is 7.84. The van der Waals surface area contributed by atoms with Gasteiger partial charge in [-0.05, 0) is 71.8 Å². The van der Waals surface area contributed by atoms with Gasteiger partial charge in [-0.25, -0.2) is 9.97 Å². The van der Waals surface area contributed by atoms with E-state index in [0.29, 0.717) is 5.56 Å². The molecule has 0 radical (unpaired) electrons. The third-order valence-electron chi connectivity index (χ3n) is 6.91. The lowest BCUT2D eigenvalue weighted by Crippen LogP contribution is -1.99. The zero-order valence-corrected chi connectivity index (χ0v) is 20.9. The number of para-hydroxylation sites is 1. The maximum atomic E-state index is 9.11. The van der Waals surface area contributed by atoms with E-state index in [2.05, 4.69) is 52.0 Å². The molecule has 3 aromatic carbocycles. The first kappa shape index (κ1) is 22.6. The number of hydrogen-bond donors (Lipinski definition) is 0. The van der Waals surface area contributed by atoms with Crippen LogP contribution < -0.4 is 0 Å². The van der Waals surface area contributed by atoms with Crippen LogP contribution in [0.5, 0.6) is 0 Å². The third kappa shape index (κ3) is 4.01. The van der Waals surface area contributed by atoms with E-state index in [-0.39, 0.29) is 0 Å². The van der Waals surface area contributed by atoms with Gasteiger partial charge in [0.1, 0.15) is 5.82 Å². The molecule has 182 valence electrons. The van der Waals surface area contributed by atoms with Gasteiger partial charge in [0.05, 0.1) is 45.3 Å². The average molecular weight is 500 g/mol. The molecule has 0 unspecified atom stereocenters. The van der Waals surface area contributed by atoms with Crippen molar-refractivity contribution in [3.8, 4) is 45.7 Å². The molecule has 4 heterocycles. The van der Waals surface area contributed by atoms with E-state index in [1.54, 1.807) is 0 Å². The van der Waals surface area contributed by atoms with Gasteiger partial charge in [-0.2, -0.15) is 5.26 Å². The summed E-state index contributed by atoms with van der Waals surface area (Å²) < 4.78 is 2.16.